The lowest BCUT2D eigenvalue weighted by Gasteiger charge is -2.60. The van der Waals surface area contributed by atoms with Crippen molar-refractivity contribution in [3.63, 3.8) is 0 Å². The van der Waals surface area contributed by atoms with Gasteiger partial charge in [0.15, 0.2) is 11.5 Å². The van der Waals surface area contributed by atoms with Crippen molar-refractivity contribution in [2.75, 3.05) is 26.7 Å². The Morgan fingerprint density at radius 1 is 1.24 bits per heavy atom. The number of esters is 1. The average Bonchev–Trinajstić information content (AvgIpc) is 3.65. The lowest BCUT2D eigenvalue weighted by atomic mass is 9.50. The van der Waals surface area contributed by atoms with E-state index in [1.807, 2.05) is 6.07 Å². The van der Waals surface area contributed by atoms with Crippen molar-refractivity contribution >= 4 is 12.0 Å². The molecule has 2 aromatic carbocycles. The van der Waals surface area contributed by atoms with Gasteiger partial charge in [-0.05, 0) is 69.5 Å². The van der Waals surface area contributed by atoms with Crippen LogP contribution in [-0.4, -0.2) is 65.7 Å². The fraction of sp³-hybridized carbons (Fsp3) is 0.531. The predicted octanol–water partition coefficient (Wildman–Crippen LogP) is 4.78. The van der Waals surface area contributed by atoms with Gasteiger partial charge in [-0.1, -0.05) is 42.5 Å². The highest BCUT2D eigenvalue weighted by Crippen LogP contribution is 2.65. The number of carbonyl (C=O) groups is 1. The minimum absolute atomic E-state index is 0.0190. The summed E-state index contributed by atoms with van der Waals surface area (Å²) in [5, 5.41) is 11.1. The van der Waals surface area contributed by atoms with Crippen LogP contribution < -0.4 is 9.47 Å². The summed E-state index contributed by atoms with van der Waals surface area (Å²) in [6.45, 7) is 4.53. The van der Waals surface area contributed by atoms with Gasteiger partial charge >= 0.3 is 5.97 Å². The molecule has 1 N–H and O–H groups in total. The van der Waals surface area contributed by atoms with Crippen LogP contribution in [0.25, 0.3) is 6.08 Å². The second-order valence-electron chi connectivity index (χ2n) is 12.2. The van der Waals surface area contributed by atoms with Gasteiger partial charge in [0.2, 0.25) is 0 Å². The van der Waals surface area contributed by atoms with E-state index in [4.69, 9.17) is 9.47 Å². The molecule has 6 heteroatoms. The van der Waals surface area contributed by atoms with E-state index < -0.39 is 0 Å². The highest BCUT2D eigenvalue weighted by Gasteiger charge is 2.66. The summed E-state index contributed by atoms with van der Waals surface area (Å²) in [6, 6.07) is 12.7. The molecule has 2 heterocycles. The van der Waals surface area contributed by atoms with Crippen LogP contribution in [0.2, 0.25) is 0 Å². The van der Waals surface area contributed by atoms with Gasteiger partial charge in [0.25, 0.3) is 0 Å². The number of hydrogen-bond acceptors (Lipinski definition) is 6. The fourth-order valence-electron chi connectivity index (χ4n) is 8.26. The highest BCUT2D eigenvalue weighted by atomic mass is 16.5. The van der Waals surface area contributed by atoms with Gasteiger partial charge in [0.05, 0.1) is 0 Å². The molecule has 200 valence electrons. The van der Waals surface area contributed by atoms with E-state index in [9.17, 15) is 9.90 Å². The van der Waals surface area contributed by atoms with E-state index in [0.29, 0.717) is 23.5 Å². The average molecular weight is 515 g/mol. The summed E-state index contributed by atoms with van der Waals surface area (Å²) in [6.07, 6.45) is 11.2. The number of phenols is 1. The molecule has 6 nitrogen and oxygen atoms in total. The molecule has 0 amide bonds. The summed E-state index contributed by atoms with van der Waals surface area (Å²) in [5.74, 6) is 2.25. The van der Waals surface area contributed by atoms with E-state index in [1.165, 1.54) is 31.9 Å². The Balaban J connectivity index is 1.25. The number of likely N-dealkylation sites (tertiary alicyclic amines) is 1. The van der Waals surface area contributed by atoms with Crippen LogP contribution in [0.1, 0.15) is 55.7 Å². The Kier molecular flexibility index (Phi) is 5.82. The van der Waals surface area contributed by atoms with Gasteiger partial charge in [0.1, 0.15) is 11.9 Å². The SMILES string of the molecule is CC(=O)Oc1cc(O)c2c3c1C[C@@H]1[C@@H]4CC[C@@H](N(C)CC=Cc5ccccc5)[C@H](O2)[C@]34CCN1CC1CC1. The third-order valence-corrected chi connectivity index (χ3v) is 10.0. The monoisotopic (exact) mass is 514 g/mol. The van der Waals surface area contributed by atoms with E-state index in [1.54, 1.807) is 6.07 Å². The highest BCUT2D eigenvalue weighted by molar-refractivity contribution is 5.73. The Morgan fingerprint density at radius 2 is 2.05 bits per heavy atom. The van der Waals surface area contributed by atoms with Crippen LogP contribution in [-0.2, 0) is 16.6 Å². The topological polar surface area (TPSA) is 62.2 Å². The van der Waals surface area contributed by atoms with Gasteiger partial charge in [-0.2, -0.15) is 0 Å². The number of ether oxygens (including phenoxy) is 2. The number of aromatic hydroxyl groups is 1. The molecule has 2 aliphatic heterocycles. The zero-order valence-electron chi connectivity index (χ0n) is 22.4. The lowest BCUT2D eigenvalue weighted by molar-refractivity contribution is -0.132. The van der Waals surface area contributed by atoms with Crippen molar-refractivity contribution in [3.05, 3.63) is 59.2 Å². The van der Waals surface area contributed by atoms with Crippen LogP contribution in [0.15, 0.2) is 42.5 Å². The van der Waals surface area contributed by atoms with Gasteiger partial charge in [-0.15, -0.1) is 0 Å². The molecule has 7 rings (SSSR count). The molecular formula is C32H38N2O4. The second kappa shape index (κ2) is 9.13. The standard InChI is InChI=1S/C32H38N2O4/c1-20(35)37-28-18-27(36)30-29-23(28)17-26-24-12-13-25(33(2)15-6-9-21-7-4-3-5-8-21)31(38-30)32(24,29)14-16-34(26)19-22-10-11-22/h3-9,18,22,24-26,31,36H,10-17,19H2,1-2H3/t24-,25+,26+,31-,32-/m0/s1. The Labute approximate surface area is 225 Å². The van der Waals surface area contributed by atoms with Crippen molar-refractivity contribution in [2.24, 2.45) is 11.8 Å². The molecule has 5 atom stereocenters. The summed E-state index contributed by atoms with van der Waals surface area (Å²) < 4.78 is 12.5. The normalized spacial score (nSPS) is 31.3. The molecule has 2 aromatic rings. The summed E-state index contributed by atoms with van der Waals surface area (Å²) in [5.41, 5.74) is 3.29. The third kappa shape index (κ3) is 3.79. The molecule has 2 saturated carbocycles. The number of likely N-dealkylation sites (N-methyl/N-ethyl adjacent to an activating group) is 1. The first kappa shape index (κ1) is 24.2. The fourth-order valence-corrected chi connectivity index (χ4v) is 8.26. The first-order valence-electron chi connectivity index (χ1n) is 14.4. The Bertz CT molecular complexity index is 1270. The molecule has 2 bridgehead atoms. The number of phenolic OH excluding ortho intramolecular Hbond substituents is 1. The van der Waals surface area contributed by atoms with Crippen LogP contribution in [0.3, 0.4) is 0 Å². The van der Waals surface area contributed by atoms with E-state index in [0.717, 1.165) is 55.8 Å². The van der Waals surface area contributed by atoms with Crippen LogP contribution in [0.4, 0.5) is 0 Å². The Hall–Kier alpha value is -2.83. The minimum atomic E-state index is -0.345. The van der Waals surface area contributed by atoms with Crippen molar-refractivity contribution < 1.29 is 19.4 Å². The predicted molar refractivity (Wildman–Crippen MR) is 147 cm³/mol. The largest absolute Gasteiger partial charge is 0.504 e. The molecular weight excluding hydrogens is 476 g/mol. The number of hydrogen-bond donors (Lipinski definition) is 1. The maximum absolute atomic E-state index is 12.0. The van der Waals surface area contributed by atoms with Crippen molar-refractivity contribution in [3.8, 4) is 17.2 Å². The summed E-state index contributed by atoms with van der Waals surface area (Å²) in [7, 11) is 2.21. The maximum atomic E-state index is 12.0. The molecule has 3 fully saturated rings. The molecule has 1 saturated heterocycles. The third-order valence-electron chi connectivity index (χ3n) is 10.0. The van der Waals surface area contributed by atoms with Crippen LogP contribution >= 0.6 is 0 Å². The summed E-state index contributed by atoms with van der Waals surface area (Å²) in [4.78, 5) is 17.2. The first-order chi connectivity index (χ1) is 18.5. The Morgan fingerprint density at radius 3 is 2.82 bits per heavy atom. The number of carbonyl (C=O) groups excluding carboxylic acids is 1. The molecule has 3 aliphatic carbocycles. The number of nitrogens with zero attached hydrogens (tertiary/aromatic N) is 2. The van der Waals surface area contributed by atoms with Gasteiger partial charge < -0.3 is 14.6 Å². The van der Waals surface area contributed by atoms with Crippen molar-refractivity contribution in [2.45, 2.75) is 69.1 Å². The van der Waals surface area contributed by atoms with Gasteiger partial charge in [-0.3, -0.25) is 14.6 Å². The first-order valence-corrected chi connectivity index (χ1v) is 14.4. The van der Waals surface area contributed by atoms with Crippen molar-refractivity contribution in [1.82, 2.24) is 9.80 Å². The number of rotatable bonds is 7. The van der Waals surface area contributed by atoms with Gasteiger partial charge in [-0.25, -0.2) is 0 Å². The summed E-state index contributed by atoms with van der Waals surface area (Å²) >= 11 is 0. The lowest BCUT2D eigenvalue weighted by Crippen LogP contribution is -2.68. The zero-order chi connectivity index (χ0) is 26.0. The molecule has 0 unspecified atom stereocenters. The molecule has 0 radical (unpaired) electrons. The van der Waals surface area contributed by atoms with E-state index >= 15 is 0 Å². The number of piperidine rings is 1. The van der Waals surface area contributed by atoms with Crippen LogP contribution in [0, 0.1) is 11.8 Å². The van der Waals surface area contributed by atoms with Crippen LogP contribution in [0.5, 0.6) is 17.2 Å². The minimum Gasteiger partial charge on any atom is -0.504 e. The molecule has 1 spiro atoms. The maximum Gasteiger partial charge on any atom is 0.308 e. The zero-order valence-corrected chi connectivity index (χ0v) is 22.4. The smallest absolute Gasteiger partial charge is 0.308 e. The quantitative estimate of drug-likeness (QED) is 0.424. The number of benzene rings is 2. The second-order valence-corrected chi connectivity index (χ2v) is 12.2. The molecule has 5 aliphatic rings. The van der Waals surface area contributed by atoms with E-state index in [2.05, 4.69) is 53.3 Å². The van der Waals surface area contributed by atoms with Gasteiger partial charge in [0, 0.05) is 54.7 Å². The van der Waals surface area contributed by atoms with Crippen molar-refractivity contribution in [1.29, 1.82) is 0 Å². The van der Waals surface area contributed by atoms with E-state index in [-0.39, 0.29) is 29.3 Å². The molecule has 38 heavy (non-hydrogen) atoms. The molecule has 0 aromatic heterocycles.